The van der Waals surface area contributed by atoms with Crippen LogP contribution >= 0.6 is 0 Å². The summed E-state index contributed by atoms with van der Waals surface area (Å²) in [7, 11) is 1.92. The van der Waals surface area contributed by atoms with Gasteiger partial charge in [-0.15, -0.1) is 0 Å². The number of hydrogen-bond acceptors (Lipinski definition) is 5. The molecule has 0 aliphatic rings. The molecule has 0 saturated heterocycles. The molecular weight excluding hydrogens is 306 g/mol. The summed E-state index contributed by atoms with van der Waals surface area (Å²) in [6.45, 7) is 8.35. The number of nitrogens with zero attached hydrogens (tertiary/aromatic N) is 5. The summed E-state index contributed by atoms with van der Waals surface area (Å²) >= 11 is 0. The minimum absolute atomic E-state index is 0.292. The van der Waals surface area contributed by atoms with E-state index in [0.717, 1.165) is 43.4 Å². The summed E-state index contributed by atoms with van der Waals surface area (Å²) in [6.07, 6.45) is 3.44. The minimum atomic E-state index is 0.292. The van der Waals surface area contributed by atoms with Crippen LogP contribution in [0.3, 0.4) is 0 Å². The van der Waals surface area contributed by atoms with Crippen LogP contribution in [0, 0.1) is 0 Å². The van der Waals surface area contributed by atoms with E-state index in [1.165, 1.54) is 0 Å². The van der Waals surface area contributed by atoms with Crippen molar-refractivity contribution in [2.75, 3.05) is 13.1 Å². The lowest BCUT2D eigenvalue weighted by Crippen LogP contribution is -2.37. The molecule has 24 heavy (non-hydrogen) atoms. The van der Waals surface area contributed by atoms with E-state index in [4.69, 9.17) is 4.52 Å². The van der Waals surface area contributed by atoms with Crippen LogP contribution in [0.1, 0.15) is 50.5 Å². The second kappa shape index (κ2) is 9.05. The number of guanidine groups is 1. The molecule has 0 atom stereocenters. The molecule has 0 aliphatic carbocycles. The summed E-state index contributed by atoms with van der Waals surface area (Å²) in [6, 6.07) is 1.97. The second-order valence-corrected chi connectivity index (χ2v) is 5.87. The van der Waals surface area contributed by atoms with Gasteiger partial charge >= 0.3 is 0 Å². The van der Waals surface area contributed by atoms with Crippen LogP contribution in [0.15, 0.2) is 21.8 Å². The Morgan fingerprint density at radius 2 is 2.21 bits per heavy atom. The van der Waals surface area contributed by atoms with Gasteiger partial charge in [0.2, 0.25) is 5.89 Å². The van der Waals surface area contributed by atoms with Crippen molar-refractivity contribution in [1.82, 2.24) is 30.6 Å². The topological polar surface area (TPSA) is 93.2 Å². The molecule has 0 amide bonds. The number of hydrogen-bond donors (Lipinski definition) is 2. The average molecular weight is 333 g/mol. The molecule has 0 aliphatic heterocycles. The zero-order chi connectivity index (χ0) is 17.4. The van der Waals surface area contributed by atoms with Crippen molar-refractivity contribution in [2.45, 2.75) is 46.1 Å². The highest BCUT2D eigenvalue weighted by Gasteiger charge is 2.09. The van der Waals surface area contributed by atoms with Gasteiger partial charge in [-0.1, -0.05) is 19.0 Å². The molecule has 0 spiro atoms. The molecule has 2 aromatic heterocycles. The van der Waals surface area contributed by atoms with E-state index in [2.05, 4.69) is 44.7 Å². The zero-order valence-electron chi connectivity index (χ0n) is 14.9. The van der Waals surface area contributed by atoms with Crippen LogP contribution in [-0.4, -0.2) is 39.0 Å². The molecule has 8 heteroatoms. The summed E-state index contributed by atoms with van der Waals surface area (Å²) in [4.78, 5) is 8.95. The quantitative estimate of drug-likeness (QED) is 0.433. The number of nitrogens with one attached hydrogen (secondary N) is 2. The van der Waals surface area contributed by atoms with E-state index in [-0.39, 0.29) is 0 Å². The highest BCUT2D eigenvalue weighted by molar-refractivity contribution is 5.79. The molecule has 0 radical (unpaired) electrons. The first-order valence-corrected chi connectivity index (χ1v) is 8.41. The third-order valence-corrected chi connectivity index (χ3v) is 3.53. The SMILES string of the molecule is CCNC(=NCc1ccnn1C)NCCCc1nc(C(C)C)no1. The van der Waals surface area contributed by atoms with Crippen molar-refractivity contribution in [3.05, 3.63) is 29.7 Å². The molecule has 0 bridgehead atoms. The largest absolute Gasteiger partial charge is 0.357 e. The van der Waals surface area contributed by atoms with Gasteiger partial charge in [-0.25, -0.2) is 4.99 Å². The molecule has 8 nitrogen and oxygen atoms in total. The van der Waals surface area contributed by atoms with Crippen molar-refractivity contribution in [3.63, 3.8) is 0 Å². The number of aromatic nitrogens is 4. The second-order valence-electron chi connectivity index (χ2n) is 5.87. The molecule has 132 valence electrons. The highest BCUT2D eigenvalue weighted by atomic mass is 16.5. The molecular formula is C16H27N7O. The Hall–Kier alpha value is -2.38. The Labute approximate surface area is 142 Å². The monoisotopic (exact) mass is 333 g/mol. The van der Waals surface area contributed by atoms with Crippen molar-refractivity contribution in [3.8, 4) is 0 Å². The van der Waals surface area contributed by atoms with E-state index >= 15 is 0 Å². The molecule has 2 aromatic rings. The third kappa shape index (κ3) is 5.36. The van der Waals surface area contributed by atoms with Crippen molar-refractivity contribution in [2.24, 2.45) is 12.0 Å². The van der Waals surface area contributed by atoms with E-state index < -0.39 is 0 Å². The first-order chi connectivity index (χ1) is 11.6. The minimum Gasteiger partial charge on any atom is -0.357 e. The van der Waals surface area contributed by atoms with Crippen molar-refractivity contribution < 1.29 is 4.52 Å². The average Bonchev–Trinajstić information content (AvgIpc) is 3.18. The van der Waals surface area contributed by atoms with Crippen molar-refractivity contribution in [1.29, 1.82) is 0 Å². The normalized spacial score (nSPS) is 12.0. The van der Waals surface area contributed by atoms with Crippen LogP contribution in [0.4, 0.5) is 0 Å². The predicted molar refractivity (Wildman–Crippen MR) is 92.7 cm³/mol. The van der Waals surface area contributed by atoms with Gasteiger partial charge < -0.3 is 15.2 Å². The zero-order valence-corrected chi connectivity index (χ0v) is 14.9. The van der Waals surface area contributed by atoms with E-state index in [9.17, 15) is 0 Å². The third-order valence-electron chi connectivity index (χ3n) is 3.53. The summed E-state index contributed by atoms with van der Waals surface area (Å²) in [5.74, 6) is 2.55. The summed E-state index contributed by atoms with van der Waals surface area (Å²) < 4.78 is 7.07. The van der Waals surface area contributed by atoms with E-state index in [1.54, 1.807) is 6.20 Å². The Morgan fingerprint density at radius 1 is 1.38 bits per heavy atom. The lowest BCUT2D eigenvalue weighted by molar-refractivity contribution is 0.368. The molecule has 2 N–H and O–H groups in total. The van der Waals surface area contributed by atoms with Crippen LogP contribution in [0.2, 0.25) is 0 Å². The van der Waals surface area contributed by atoms with Gasteiger partial charge in [-0.3, -0.25) is 4.68 Å². The fraction of sp³-hybridized carbons (Fsp3) is 0.625. The fourth-order valence-electron chi connectivity index (χ4n) is 2.11. The maximum absolute atomic E-state index is 5.25. The Kier molecular flexibility index (Phi) is 6.77. The molecule has 0 aromatic carbocycles. The number of aryl methyl sites for hydroxylation is 2. The lowest BCUT2D eigenvalue weighted by atomic mass is 10.2. The first kappa shape index (κ1) is 18.0. The highest BCUT2D eigenvalue weighted by Crippen LogP contribution is 2.10. The Morgan fingerprint density at radius 3 is 2.83 bits per heavy atom. The molecule has 0 unspecified atom stereocenters. The van der Waals surface area contributed by atoms with Gasteiger partial charge in [0.05, 0.1) is 12.2 Å². The van der Waals surface area contributed by atoms with Gasteiger partial charge in [-0.05, 0) is 19.4 Å². The first-order valence-electron chi connectivity index (χ1n) is 8.41. The van der Waals surface area contributed by atoms with Gasteiger partial charge in [-0.2, -0.15) is 10.1 Å². The lowest BCUT2D eigenvalue weighted by Gasteiger charge is -2.10. The Balaban J connectivity index is 1.77. The van der Waals surface area contributed by atoms with Crippen LogP contribution < -0.4 is 10.6 Å². The molecule has 0 saturated carbocycles. The van der Waals surface area contributed by atoms with Crippen LogP contribution in [-0.2, 0) is 20.0 Å². The number of aliphatic imine (C=N–C) groups is 1. The van der Waals surface area contributed by atoms with E-state index in [1.807, 2.05) is 24.7 Å². The van der Waals surface area contributed by atoms with E-state index in [0.29, 0.717) is 18.4 Å². The van der Waals surface area contributed by atoms with Gasteiger partial charge in [0.1, 0.15) is 0 Å². The van der Waals surface area contributed by atoms with Crippen molar-refractivity contribution >= 4 is 5.96 Å². The van der Waals surface area contributed by atoms with Gasteiger partial charge in [0, 0.05) is 38.7 Å². The maximum atomic E-state index is 5.25. The Bertz CT molecular complexity index is 644. The van der Waals surface area contributed by atoms with Gasteiger partial charge in [0.15, 0.2) is 11.8 Å². The molecule has 2 rings (SSSR count). The maximum Gasteiger partial charge on any atom is 0.226 e. The molecule has 0 fully saturated rings. The smallest absolute Gasteiger partial charge is 0.226 e. The predicted octanol–water partition coefficient (Wildman–Crippen LogP) is 1.61. The van der Waals surface area contributed by atoms with Crippen LogP contribution in [0.25, 0.3) is 0 Å². The van der Waals surface area contributed by atoms with Gasteiger partial charge in [0.25, 0.3) is 0 Å². The standard InChI is InChI=1S/C16H27N7O/c1-5-17-16(19-11-13-8-10-20-23(13)4)18-9-6-7-14-21-15(12(2)3)22-24-14/h8,10,12H,5-7,9,11H2,1-4H3,(H2,17,18,19). The fourth-order valence-corrected chi connectivity index (χ4v) is 2.11. The molecule has 2 heterocycles. The number of rotatable bonds is 8. The summed E-state index contributed by atoms with van der Waals surface area (Å²) in [5.41, 5.74) is 1.07. The summed E-state index contributed by atoms with van der Waals surface area (Å²) in [5, 5.41) is 14.7. The van der Waals surface area contributed by atoms with Crippen LogP contribution in [0.5, 0.6) is 0 Å².